The number of benzene rings is 1. The minimum atomic E-state index is -0.811. The number of thioether (sulfide) groups is 1. The van der Waals surface area contributed by atoms with E-state index >= 15 is 0 Å². The van der Waals surface area contributed by atoms with Crippen LogP contribution in [0.5, 0.6) is 0 Å². The summed E-state index contributed by atoms with van der Waals surface area (Å²) in [7, 11) is 0. The summed E-state index contributed by atoms with van der Waals surface area (Å²) in [5, 5.41) is 9.82. The predicted octanol–water partition coefficient (Wildman–Crippen LogP) is 3.92. The first-order valence-electron chi connectivity index (χ1n) is 7.49. The number of nitrogens with zero attached hydrogens (tertiary/aromatic N) is 1. The maximum atomic E-state index is 12.6. The second-order valence-electron chi connectivity index (χ2n) is 5.30. The highest BCUT2D eigenvalue weighted by Gasteiger charge is 2.16. The number of aromatic amines is 1. The molecule has 24 heavy (non-hydrogen) atoms. The third kappa shape index (κ3) is 3.52. The molecule has 2 heterocycles. The van der Waals surface area contributed by atoms with Crippen molar-refractivity contribution in [3.05, 3.63) is 45.6 Å². The van der Waals surface area contributed by atoms with Gasteiger partial charge in [-0.2, -0.15) is 0 Å². The molecular weight excluding hydrogens is 344 g/mol. The lowest BCUT2D eigenvalue weighted by Crippen LogP contribution is -2.09. The molecular formula is C17H16N2O3S2. The number of rotatable bonds is 6. The molecule has 0 aliphatic heterocycles. The first kappa shape index (κ1) is 16.7. The monoisotopic (exact) mass is 360 g/mol. The van der Waals surface area contributed by atoms with E-state index in [0.29, 0.717) is 22.7 Å². The number of carboxylic acid groups (broad SMARTS) is 1. The number of fused-ring (bicyclic) bond motifs is 1. The molecule has 0 fully saturated rings. The lowest BCUT2D eigenvalue weighted by Gasteiger charge is -2.02. The Morgan fingerprint density at radius 3 is 2.79 bits per heavy atom. The van der Waals surface area contributed by atoms with Gasteiger partial charge >= 0.3 is 5.97 Å². The molecule has 0 saturated carbocycles. The van der Waals surface area contributed by atoms with Crippen LogP contribution in [-0.4, -0.2) is 26.8 Å². The van der Waals surface area contributed by atoms with Gasteiger partial charge in [0.25, 0.3) is 5.56 Å². The molecule has 0 saturated heterocycles. The predicted molar refractivity (Wildman–Crippen MR) is 98.0 cm³/mol. The van der Waals surface area contributed by atoms with Gasteiger partial charge in [0.1, 0.15) is 4.83 Å². The number of carboxylic acids is 1. The highest BCUT2D eigenvalue weighted by Crippen LogP contribution is 2.35. The van der Waals surface area contributed by atoms with Crippen LogP contribution in [0, 0.1) is 6.92 Å². The lowest BCUT2D eigenvalue weighted by atomic mass is 10.0. The number of nitrogens with one attached hydrogen (secondary N) is 1. The van der Waals surface area contributed by atoms with Crippen LogP contribution in [-0.2, 0) is 4.79 Å². The fraction of sp³-hybridized carbons (Fsp3) is 0.235. The quantitative estimate of drug-likeness (QED) is 0.395. The summed E-state index contributed by atoms with van der Waals surface area (Å²) in [6, 6.07) is 9.83. The molecule has 7 heteroatoms. The van der Waals surface area contributed by atoms with Gasteiger partial charge in [-0.3, -0.25) is 9.59 Å². The fourth-order valence-electron chi connectivity index (χ4n) is 2.51. The molecule has 2 N–H and O–H groups in total. The second kappa shape index (κ2) is 7.19. The van der Waals surface area contributed by atoms with Gasteiger partial charge in [0.2, 0.25) is 0 Å². The molecule has 0 amide bonds. The average molecular weight is 360 g/mol. The minimum absolute atomic E-state index is 0.121. The van der Waals surface area contributed by atoms with E-state index in [1.165, 1.54) is 23.1 Å². The molecule has 3 aromatic rings. The summed E-state index contributed by atoms with van der Waals surface area (Å²) < 4.78 is 0. The zero-order chi connectivity index (χ0) is 17.1. The minimum Gasteiger partial charge on any atom is -0.481 e. The third-order valence-corrected chi connectivity index (χ3v) is 5.51. The molecule has 0 spiro atoms. The van der Waals surface area contributed by atoms with E-state index in [1.807, 2.05) is 37.3 Å². The van der Waals surface area contributed by atoms with Crippen molar-refractivity contribution in [2.24, 2.45) is 0 Å². The van der Waals surface area contributed by atoms with Gasteiger partial charge in [-0.1, -0.05) is 42.1 Å². The topological polar surface area (TPSA) is 83.0 Å². The van der Waals surface area contributed by atoms with Crippen LogP contribution in [0.1, 0.15) is 17.7 Å². The molecule has 0 radical (unpaired) electrons. The molecule has 0 aliphatic carbocycles. The Bertz CT molecular complexity index is 932. The van der Waals surface area contributed by atoms with Crippen molar-refractivity contribution >= 4 is 39.3 Å². The van der Waals surface area contributed by atoms with Gasteiger partial charge in [0, 0.05) is 22.6 Å². The van der Waals surface area contributed by atoms with Crippen molar-refractivity contribution in [3.63, 3.8) is 0 Å². The molecule has 1 aromatic carbocycles. The maximum absolute atomic E-state index is 12.6. The number of hydrogen-bond acceptors (Lipinski definition) is 5. The van der Waals surface area contributed by atoms with Crippen molar-refractivity contribution in [1.29, 1.82) is 0 Å². The summed E-state index contributed by atoms with van der Waals surface area (Å²) in [5.41, 5.74) is 1.80. The van der Waals surface area contributed by atoms with Crippen LogP contribution in [0.3, 0.4) is 0 Å². The third-order valence-electron chi connectivity index (χ3n) is 3.55. The van der Waals surface area contributed by atoms with Gasteiger partial charge in [-0.05, 0) is 18.9 Å². The molecule has 0 unspecified atom stereocenters. The first-order chi connectivity index (χ1) is 11.6. The normalized spacial score (nSPS) is 11.0. The Balaban J connectivity index is 1.93. The van der Waals surface area contributed by atoms with Crippen LogP contribution in [0.15, 0.2) is 40.3 Å². The van der Waals surface area contributed by atoms with E-state index < -0.39 is 5.97 Å². The zero-order valence-electron chi connectivity index (χ0n) is 13.0. The SMILES string of the molecule is Cc1sc2nc(SCCCC(=O)O)[nH]c(=O)c2c1-c1ccccc1. The summed E-state index contributed by atoms with van der Waals surface area (Å²) in [5.74, 6) is -0.203. The number of hydrogen-bond donors (Lipinski definition) is 2. The van der Waals surface area contributed by atoms with Gasteiger partial charge < -0.3 is 10.1 Å². The van der Waals surface area contributed by atoms with Gasteiger partial charge in [0.05, 0.1) is 5.39 Å². The summed E-state index contributed by atoms with van der Waals surface area (Å²) in [6.45, 7) is 1.99. The van der Waals surface area contributed by atoms with E-state index in [-0.39, 0.29) is 12.0 Å². The highest BCUT2D eigenvalue weighted by atomic mass is 32.2. The Kier molecular flexibility index (Phi) is 5.01. The molecule has 5 nitrogen and oxygen atoms in total. The molecule has 0 aliphatic rings. The smallest absolute Gasteiger partial charge is 0.303 e. The van der Waals surface area contributed by atoms with Crippen LogP contribution in [0.4, 0.5) is 0 Å². The Hall–Kier alpha value is -2.12. The van der Waals surface area contributed by atoms with Crippen molar-refractivity contribution in [1.82, 2.24) is 9.97 Å². The lowest BCUT2D eigenvalue weighted by molar-refractivity contribution is -0.137. The van der Waals surface area contributed by atoms with E-state index in [4.69, 9.17) is 5.11 Å². The highest BCUT2D eigenvalue weighted by molar-refractivity contribution is 7.99. The van der Waals surface area contributed by atoms with Crippen LogP contribution in [0.25, 0.3) is 21.3 Å². The number of aromatic nitrogens is 2. The van der Waals surface area contributed by atoms with E-state index in [1.54, 1.807) is 0 Å². The summed E-state index contributed by atoms with van der Waals surface area (Å²) in [6.07, 6.45) is 0.663. The van der Waals surface area contributed by atoms with Crippen molar-refractivity contribution in [2.45, 2.75) is 24.9 Å². The second-order valence-corrected chi connectivity index (χ2v) is 7.58. The maximum Gasteiger partial charge on any atom is 0.303 e. The number of H-pyrrole nitrogens is 1. The van der Waals surface area contributed by atoms with E-state index in [9.17, 15) is 9.59 Å². The molecule has 0 atom stereocenters. The molecule has 124 valence electrons. The van der Waals surface area contributed by atoms with Crippen LogP contribution >= 0.6 is 23.1 Å². The number of thiophene rings is 1. The Morgan fingerprint density at radius 1 is 1.33 bits per heavy atom. The number of carbonyl (C=O) groups is 1. The first-order valence-corrected chi connectivity index (χ1v) is 9.30. The van der Waals surface area contributed by atoms with Crippen LogP contribution in [0.2, 0.25) is 0 Å². The summed E-state index contributed by atoms with van der Waals surface area (Å²) >= 11 is 2.89. The summed E-state index contributed by atoms with van der Waals surface area (Å²) in [4.78, 5) is 32.2. The van der Waals surface area contributed by atoms with Gasteiger partial charge in [0.15, 0.2) is 5.16 Å². The largest absolute Gasteiger partial charge is 0.481 e. The fourth-order valence-corrected chi connectivity index (χ4v) is 4.42. The van der Waals surface area contributed by atoms with Crippen molar-refractivity contribution in [2.75, 3.05) is 5.75 Å². The average Bonchev–Trinajstić information content (AvgIpc) is 2.89. The zero-order valence-corrected chi connectivity index (χ0v) is 14.7. The number of aliphatic carboxylic acids is 1. The molecule has 2 aromatic heterocycles. The van der Waals surface area contributed by atoms with Gasteiger partial charge in [-0.15, -0.1) is 11.3 Å². The molecule has 3 rings (SSSR count). The Labute approximate surface area is 146 Å². The van der Waals surface area contributed by atoms with Crippen molar-refractivity contribution in [3.8, 4) is 11.1 Å². The van der Waals surface area contributed by atoms with Crippen molar-refractivity contribution < 1.29 is 9.90 Å². The number of aryl methyl sites for hydroxylation is 1. The van der Waals surface area contributed by atoms with Gasteiger partial charge in [-0.25, -0.2) is 4.98 Å². The molecule has 0 bridgehead atoms. The van der Waals surface area contributed by atoms with E-state index in [0.717, 1.165) is 20.8 Å². The standard InChI is InChI=1S/C17H16N2O3S2/c1-10-13(11-6-3-2-4-7-11)14-15(22)18-17(19-16(14)24-10)23-9-5-8-12(20)21/h2-4,6-7H,5,8-9H2,1H3,(H,20,21)(H,18,19,22). The van der Waals surface area contributed by atoms with E-state index in [2.05, 4.69) is 9.97 Å². The van der Waals surface area contributed by atoms with Crippen LogP contribution < -0.4 is 5.56 Å². The Morgan fingerprint density at radius 2 is 2.08 bits per heavy atom.